The number of halogens is 2. The van der Waals surface area contributed by atoms with Crippen LogP contribution < -0.4 is 0 Å². The van der Waals surface area contributed by atoms with E-state index in [0.717, 1.165) is 77.7 Å². The smallest absolute Gasteiger partial charge is 0.164 e. The Kier molecular flexibility index (Phi) is 9.82. The maximum Gasteiger partial charge on any atom is 0.164 e. The third-order valence-electron chi connectivity index (χ3n) is 11.2. The second-order valence-corrected chi connectivity index (χ2v) is 15.4. The summed E-state index contributed by atoms with van der Waals surface area (Å²) in [6.07, 6.45) is 0. The van der Waals surface area contributed by atoms with E-state index in [1.54, 1.807) is 24.3 Å². The topological polar surface area (TPSA) is 88.9 Å². The molecule has 0 fully saturated rings. The van der Waals surface area contributed by atoms with Crippen LogP contribution >= 0.6 is 0 Å². The van der Waals surface area contributed by atoms with Crippen LogP contribution in [0.3, 0.4) is 0 Å². The van der Waals surface area contributed by atoms with Crippen molar-refractivity contribution in [1.82, 2.24) is 15.0 Å². The summed E-state index contributed by atoms with van der Waals surface area (Å²) in [5, 5.41) is 2.01. The second-order valence-electron chi connectivity index (χ2n) is 15.4. The molecule has 1 aliphatic rings. The Morgan fingerprint density at radius 2 is 0.734 bits per heavy atom. The van der Waals surface area contributed by atoms with E-state index in [1.807, 2.05) is 97.1 Å². The summed E-state index contributed by atoms with van der Waals surface area (Å²) in [5.41, 5.74) is 11.4. The Labute approximate surface area is 366 Å². The van der Waals surface area contributed by atoms with Crippen LogP contribution in [-0.2, 0) is 0 Å². The van der Waals surface area contributed by atoms with Crippen molar-refractivity contribution in [3.63, 3.8) is 0 Å². The van der Waals surface area contributed by atoms with E-state index in [-0.39, 0.29) is 11.6 Å². The third-order valence-corrected chi connectivity index (χ3v) is 11.2. The maximum atomic E-state index is 13.8. The molecular weight excluding hydrogens is 799 g/mol. The van der Waals surface area contributed by atoms with E-state index in [9.17, 15) is 8.78 Å². The van der Waals surface area contributed by atoms with Gasteiger partial charge in [-0.1, -0.05) is 121 Å². The highest BCUT2D eigenvalue weighted by atomic mass is 19.1. The van der Waals surface area contributed by atoms with Crippen molar-refractivity contribution >= 4 is 39.3 Å². The molecule has 0 amide bonds. The van der Waals surface area contributed by atoms with Gasteiger partial charge in [-0.2, -0.15) is 0 Å². The lowest BCUT2D eigenvalue weighted by molar-refractivity contribution is 0.627. The van der Waals surface area contributed by atoms with Gasteiger partial charge in [-0.15, -0.1) is 0 Å². The van der Waals surface area contributed by atoms with Crippen molar-refractivity contribution in [2.75, 3.05) is 6.54 Å². The summed E-state index contributed by atoms with van der Waals surface area (Å²) >= 11 is 0. The van der Waals surface area contributed by atoms with Crippen molar-refractivity contribution in [1.29, 1.82) is 0 Å². The maximum absolute atomic E-state index is 13.8. The van der Waals surface area contributed by atoms with Crippen molar-refractivity contribution in [3.05, 3.63) is 222 Å². The zero-order valence-corrected chi connectivity index (χ0v) is 34.0. The summed E-state index contributed by atoms with van der Waals surface area (Å²) in [7, 11) is 0. The number of amidine groups is 2. The molecule has 2 aromatic heterocycles. The molecule has 9 heteroatoms. The van der Waals surface area contributed by atoms with E-state index in [0.29, 0.717) is 41.3 Å². The van der Waals surface area contributed by atoms with Gasteiger partial charge in [-0.25, -0.2) is 33.7 Å². The highest BCUT2D eigenvalue weighted by Crippen LogP contribution is 2.36. The molecule has 11 rings (SSSR count). The van der Waals surface area contributed by atoms with Crippen LogP contribution in [0, 0.1) is 11.6 Å². The van der Waals surface area contributed by atoms with Crippen LogP contribution in [0.2, 0.25) is 0 Å². The number of fused-ring (bicyclic) bond motifs is 3. The zero-order chi connectivity index (χ0) is 43.0. The molecule has 8 aromatic carbocycles. The Balaban J connectivity index is 0.899. The molecule has 10 aromatic rings. The number of hydrogen-bond donors (Lipinski definition) is 0. The average molecular weight is 833 g/mol. The number of rotatable bonds is 8. The van der Waals surface area contributed by atoms with Gasteiger partial charge in [0.05, 0.1) is 12.3 Å². The van der Waals surface area contributed by atoms with Gasteiger partial charge in [0.15, 0.2) is 29.1 Å². The van der Waals surface area contributed by atoms with E-state index in [2.05, 4.69) is 48.5 Å². The number of hydrogen-bond acceptors (Lipinski definition) is 7. The van der Waals surface area contributed by atoms with Gasteiger partial charge in [0.1, 0.15) is 22.8 Å². The van der Waals surface area contributed by atoms with Crippen LogP contribution in [0.25, 0.3) is 78.4 Å². The molecule has 3 heterocycles. The van der Waals surface area contributed by atoms with Crippen LogP contribution in [-0.4, -0.2) is 38.9 Å². The summed E-state index contributed by atoms with van der Waals surface area (Å²) < 4.78 is 33.9. The predicted molar refractivity (Wildman–Crippen MR) is 252 cm³/mol. The van der Waals surface area contributed by atoms with E-state index in [4.69, 9.17) is 34.3 Å². The third kappa shape index (κ3) is 7.67. The SMILES string of the molecule is Fc1ccc(C2=NCC(c3ccccc3)=NC(c3ccc(-c4ccc5oc6ccc(-c7ccc(-c8nc(-c9ccccc9)nc(-c9ccc(F)cc9)n8)cc7)cc6c5c4)cc3)=N2)cc1. The van der Waals surface area contributed by atoms with Crippen molar-refractivity contribution in [2.24, 2.45) is 15.0 Å². The van der Waals surface area contributed by atoms with E-state index >= 15 is 0 Å². The highest BCUT2D eigenvalue weighted by Gasteiger charge is 2.17. The molecule has 0 unspecified atom stereocenters. The Morgan fingerprint density at radius 1 is 0.344 bits per heavy atom. The monoisotopic (exact) mass is 832 g/mol. The van der Waals surface area contributed by atoms with Crippen LogP contribution in [0.15, 0.2) is 214 Å². The Bertz CT molecular complexity index is 3440. The molecule has 0 saturated heterocycles. The summed E-state index contributed by atoms with van der Waals surface area (Å²) in [5.74, 6) is 1.91. The summed E-state index contributed by atoms with van der Waals surface area (Å²) in [6, 6.07) is 60.9. The lowest BCUT2D eigenvalue weighted by atomic mass is 9.99. The minimum Gasteiger partial charge on any atom is -0.456 e. The first-order valence-corrected chi connectivity index (χ1v) is 20.7. The molecular formula is C55H34F2N6O. The minimum atomic E-state index is -0.323. The van der Waals surface area contributed by atoms with Gasteiger partial charge >= 0.3 is 0 Å². The second kappa shape index (κ2) is 16.4. The van der Waals surface area contributed by atoms with Gasteiger partial charge < -0.3 is 4.42 Å². The number of aromatic nitrogens is 3. The van der Waals surface area contributed by atoms with E-state index < -0.39 is 0 Å². The number of furan rings is 1. The standard InChI is InChI=1S/C55H34F2N6O/c56-44-25-19-38(20-26-44)51-58-33-48(36-7-3-1-4-8-36)59-52(60-51)39-15-11-34(12-16-39)42-23-29-49-46(31-42)47-32-43(24-30-50(47)64-49)35-13-17-40(18-14-35)54-61-53(37-9-5-2-6-10-37)62-55(63-54)41-21-27-45(57)28-22-41/h1-32H,33H2. The first-order valence-electron chi connectivity index (χ1n) is 20.7. The minimum absolute atomic E-state index is 0.317. The molecule has 0 atom stereocenters. The van der Waals surface area contributed by atoms with Gasteiger partial charge in [0, 0.05) is 38.6 Å². The van der Waals surface area contributed by atoms with Gasteiger partial charge in [-0.3, -0.25) is 4.99 Å². The molecule has 0 saturated carbocycles. The molecule has 0 radical (unpaired) electrons. The highest BCUT2D eigenvalue weighted by molar-refractivity contribution is 6.20. The lowest BCUT2D eigenvalue weighted by Crippen LogP contribution is -2.08. The zero-order valence-electron chi connectivity index (χ0n) is 34.0. The molecule has 304 valence electrons. The predicted octanol–water partition coefficient (Wildman–Crippen LogP) is 13.1. The molecule has 7 nitrogen and oxygen atoms in total. The van der Waals surface area contributed by atoms with Gasteiger partial charge in [-0.05, 0) is 101 Å². The van der Waals surface area contributed by atoms with Crippen molar-refractivity contribution in [2.45, 2.75) is 0 Å². The number of nitrogens with zero attached hydrogens (tertiary/aromatic N) is 6. The van der Waals surface area contributed by atoms with Crippen molar-refractivity contribution in [3.8, 4) is 56.4 Å². The Hall–Kier alpha value is -8.56. The largest absolute Gasteiger partial charge is 0.456 e. The van der Waals surface area contributed by atoms with Gasteiger partial charge in [0.2, 0.25) is 0 Å². The first-order chi connectivity index (χ1) is 31.5. The molecule has 64 heavy (non-hydrogen) atoms. The van der Waals surface area contributed by atoms with Crippen LogP contribution in [0.4, 0.5) is 8.78 Å². The normalized spacial score (nSPS) is 12.8. The molecule has 0 N–H and O–H groups in total. The fourth-order valence-corrected chi connectivity index (χ4v) is 7.85. The van der Waals surface area contributed by atoms with Crippen LogP contribution in [0.5, 0.6) is 0 Å². The lowest BCUT2D eigenvalue weighted by Gasteiger charge is -2.09. The summed E-state index contributed by atoms with van der Waals surface area (Å²) in [4.78, 5) is 29.1. The molecule has 0 aliphatic carbocycles. The molecule has 0 spiro atoms. The van der Waals surface area contributed by atoms with Crippen LogP contribution in [0.1, 0.15) is 16.7 Å². The Morgan fingerprint density at radius 3 is 1.25 bits per heavy atom. The molecule has 0 bridgehead atoms. The number of aliphatic imine (C=N–C) groups is 3. The molecule has 1 aliphatic heterocycles. The first kappa shape index (κ1) is 38.4. The fourth-order valence-electron chi connectivity index (χ4n) is 7.85. The number of benzene rings is 8. The quantitative estimate of drug-likeness (QED) is 0.152. The summed E-state index contributed by atoms with van der Waals surface area (Å²) in [6.45, 7) is 0.338. The van der Waals surface area contributed by atoms with Crippen molar-refractivity contribution < 1.29 is 13.2 Å². The average Bonchev–Trinajstić information content (AvgIpc) is 3.57. The van der Waals surface area contributed by atoms with E-state index in [1.165, 1.54) is 24.3 Å². The fraction of sp³-hybridized carbons (Fsp3) is 0.0182. The van der Waals surface area contributed by atoms with Gasteiger partial charge in [0.25, 0.3) is 0 Å².